The quantitative estimate of drug-likeness (QED) is 0.696. The van der Waals surface area contributed by atoms with Crippen LogP contribution < -0.4 is 0 Å². The molecular weight excluding hydrogens is 190 g/mol. The third-order valence-electron chi connectivity index (χ3n) is 2.47. The summed E-state index contributed by atoms with van der Waals surface area (Å²) in [6.07, 6.45) is 6.71. The van der Waals surface area contributed by atoms with Crippen molar-refractivity contribution in [3.8, 4) is 0 Å². The van der Waals surface area contributed by atoms with Crippen molar-refractivity contribution in [3.63, 3.8) is 0 Å². The highest BCUT2D eigenvalue weighted by atomic mass is 16.5. The normalized spacial score (nSPS) is 11.2. The maximum Gasteiger partial charge on any atom is 0.108 e. The summed E-state index contributed by atoms with van der Waals surface area (Å²) in [5, 5.41) is 8.24. The second-order valence-corrected chi connectivity index (χ2v) is 3.85. The number of ether oxygens (including phenoxy) is 1. The lowest BCUT2D eigenvalue weighted by Crippen LogP contribution is -2.09. The van der Waals surface area contributed by atoms with Gasteiger partial charge in [0.2, 0.25) is 0 Å². The third kappa shape index (κ3) is 3.63. The predicted octanol–water partition coefficient (Wildman–Crippen LogP) is 2.57. The van der Waals surface area contributed by atoms with E-state index in [-0.39, 0.29) is 0 Å². The van der Waals surface area contributed by atoms with Gasteiger partial charge in [-0.2, -0.15) is 0 Å². The molecule has 0 unspecified atom stereocenters. The molecule has 15 heavy (non-hydrogen) atoms. The van der Waals surface area contributed by atoms with Crippen molar-refractivity contribution >= 4 is 0 Å². The zero-order valence-corrected chi connectivity index (χ0v) is 9.94. The van der Waals surface area contributed by atoms with Gasteiger partial charge in [0.25, 0.3) is 0 Å². The second kappa shape index (κ2) is 6.56. The van der Waals surface area contributed by atoms with Crippen molar-refractivity contribution in [2.45, 2.75) is 52.2 Å². The Hall–Kier alpha value is -0.900. The van der Waals surface area contributed by atoms with Gasteiger partial charge in [-0.1, -0.05) is 31.9 Å². The first-order valence-electron chi connectivity index (χ1n) is 5.71. The Kier molecular flexibility index (Phi) is 5.32. The Bertz CT molecular complexity index is 267. The molecule has 0 atom stereocenters. The number of methoxy groups -OCH3 is 1. The second-order valence-electron chi connectivity index (χ2n) is 3.85. The monoisotopic (exact) mass is 211 g/mol. The molecule has 0 amide bonds. The van der Waals surface area contributed by atoms with Crippen LogP contribution in [0.3, 0.4) is 0 Å². The lowest BCUT2D eigenvalue weighted by molar-refractivity contribution is 0.181. The van der Waals surface area contributed by atoms with Crippen LogP contribution in [-0.2, 0) is 11.3 Å². The Labute approximate surface area is 91.6 Å². The van der Waals surface area contributed by atoms with Crippen molar-refractivity contribution in [2.75, 3.05) is 7.11 Å². The molecule has 0 N–H and O–H groups in total. The molecule has 0 radical (unpaired) electrons. The van der Waals surface area contributed by atoms with Crippen LogP contribution in [0.4, 0.5) is 0 Å². The van der Waals surface area contributed by atoms with Crippen molar-refractivity contribution in [1.82, 2.24) is 15.0 Å². The summed E-state index contributed by atoms with van der Waals surface area (Å²) in [6.45, 7) is 4.95. The van der Waals surface area contributed by atoms with E-state index < -0.39 is 0 Å². The Balaban J connectivity index is 2.63. The van der Waals surface area contributed by atoms with Gasteiger partial charge in [-0.15, -0.1) is 5.10 Å². The number of rotatable bonds is 7. The van der Waals surface area contributed by atoms with Gasteiger partial charge in [0.15, 0.2) is 0 Å². The predicted molar refractivity (Wildman–Crippen MR) is 59.6 cm³/mol. The number of hydrogen-bond donors (Lipinski definition) is 0. The van der Waals surface area contributed by atoms with Gasteiger partial charge in [-0.05, 0) is 12.8 Å². The topological polar surface area (TPSA) is 39.9 Å². The molecule has 0 fully saturated rings. The minimum atomic E-state index is 0.498. The SMILES string of the molecule is CCCC(CCC)n1cc(COC)nn1. The molecule has 0 bridgehead atoms. The zero-order chi connectivity index (χ0) is 11.1. The van der Waals surface area contributed by atoms with Crippen LogP contribution >= 0.6 is 0 Å². The Morgan fingerprint density at radius 1 is 1.33 bits per heavy atom. The molecule has 1 aromatic heterocycles. The molecule has 0 aromatic carbocycles. The number of nitrogens with zero attached hydrogens (tertiary/aromatic N) is 3. The van der Waals surface area contributed by atoms with Crippen molar-refractivity contribution in [2.24, 2.45) is 0 Å². The molecule has 4 heteroatoms. The summed E-state index contributed by atoms with van der Waals surface area (Å²) in [7, 11) is 1.68. The Morgan fingerprint density at radius 3 is 2.53 bits per heavy atom. The molecule has 1 rings (SSSR count). The van der Waals surface area contributed by atoms with Gasteiger partial charge in [0, 0.05) is 7.11 Å². The fourth-order valence-corrected chi connectivity index (χ4v) is 1.78. The van der Waals surface area contributed by atoms with Gasteiger partial charge in [0.05, 0.1) is 18.8 Å². The highest BCUT2D eigenvalue weighted by Crippen LogP contribution is 2.18. The molecule has 86 valence electrons. The number of aromatic nitrogens is 3. The molecule has 0 aliphatic carbocycles. The first-order valence-corrected chi connectivity index (χ1v) is 5.71. The maximum absolute atomic E-state index is 5.03. The van der Waals surface area contributed by atoms with E-state index in [1.54, 1.807) is 7.11 Å². The zero-order valence-electron chi connectivity index (χ0n) is 9.94. The summed E-state index contributed by atoms with van der Waals surface area (Å²) >= 11 is 0. The summed E-state index contributed by atoms with van der Waals surface area (Å²) in [4.78, 5) is 0. The van der Waals surface area contributed by atoms with E-state index in [4.69, 9.17) is 4.74 Å². The van der Waals surface area contributed by atoms with E-state index in [0.29, 0.717) is 12.6 Å². The van der Waals surface area contributed by atoms with E-state index in [1.165, 1.54) is 25.7 Å². The molecule has 4 nitrogen and oxygen atoms in total. The fourth-order valence-electron chi connectivity index (χ4n) is 1.78. The molecular formula is C11H21N3O. The fraction of sp³-hybridized carbons (Fsp3) is 0.818. The molecule has 0 aliphatic heterocycles. The summed E-state index contributed by atoms with van der Waals surface area (Å²) in [5.41, 5.74) is 0.912. The van der Waals surface area contributed by atoms with E-state index in [1.807, 2.05) is 10.9 Å². The van der Waals surface area contributed by atoms with Crippen molar-refractivity contribution < 1.29 is 4.74 Å². The average molecular weight is 211 g/mol. The lowest BCUT2D eigenvalue weighted by Gasteiger charge is -2.14. The van der Waals surface area contributed by atoms with Crippen LogP contribution in [0.25, 0.3) is 0 Å². The van der Waals surface area contributed by atoms with Gasteiger partial charge in [-0.25, -0.2) is 4.68 Å². The Morgan fingerprint density at radius 2 is 2.00 bits per heavy atom. The third-order valence-corrected chi connectivity index (χ3v) is 2.47. The minimum Gasteiger partial charge on any atom is -0.378 e. The highest BCUT2D eigenvalue weighted by Gasteiger charge is 2.11. The van der Waals surface area contributed by atoms with Gasteiger partial charge in [-0.3, -0.25) is 0 Å². The maximum atomic E-state index is 5.03. The van der Waals surface area contributed by atoms with Gasteiger partial charge < -0.3 is 4.74 Å². The minimum absolute atomic E-state index is 0.498. The van der Waals surface area contributed by atoms with Crippen LogP contribution in [0.15, 0.2) is 6.20 Å². The van der Waals surface area contributed by atoms with Crippen LogP contribution in [-0.4, -0.2) is 22.1 Å². The number of hydrogen-bond acceptors (Lipinski definition) is 3. The van der Waals surface area contributed by atoms with Crippen molar-refractivity contribution in [3.05, 3.63) is 11.9 Å². The van der Waals surface area contributed by atoms with E-state index in [9.17, 15) is 0 Å². The molecule has 1 aromatic rings. The molecule has 0 aliphatic rings. The molecule has 0 spiro atoms. The van der Waals surface area contributed by atoms with Crippen molar-refractivity contribution in [1.29, 1.82) is 0 Å². The van der Waals surface area contributed by atoms with Gasteiger partial charge >= 0.3 is 0 Å². The van der Waals surface area contributed by atoms with Crippen LogP contribution in [0.2, 0.25) is 0 Å². The van der Waals surface area contributed by atoms with Crippen LogP contribution in [0, 0.1) is 0 Å². The molecule has 0 saturated carbocycles. The smallest absolute Gasteiger partial charge is 0.108 e. The van der Waals surface area contributed by atoms with Crippen LogP contribution in [0.5, 0.6) is 0 Å². The largest absolute Gasteiger partial charge is 0.378 e. The molecule has 1 heterocycles. The summed E-state index contributed by atoms with van der Waals surface area (Å²) in [5.74, 6) is 0. The highest BCUT2D eigenvalue weighted by molar-refractivity contribution is 4.91. The summed E-state index contributed by atoms with van der Waals surface area (Å²) < 4.78 is 7.01. The van der Waals surface area contributed by atoms with Gasteiger partial charge in [0.1, 0.15) is 5.69 Å². The first kappa shape index (κ1) is 12.2. The average Bonchev–Trinajstić information content (AvgIpc) is 2.67. The summed E-state index contributed by atoms with van der Waals surface area (Å²) in [6, 6.07) is 0.498. The lowest BCUT2D eigenvalue weighted by atomic mass is 10.1. The standard InChI is InChI=1S/C11H21N3O/c1-4-6-11(7-5-2)14-8-10(9-15-3)12-13-14/h8,11H,4-7,9H2,1-3H3. The van der Waals surface area contributed by atoms with E-state index in [2.05, 4.69) is 24.2 Å². The van der Waals surface area contributed by atoms with E-state index >= 15 is 0 Å². The van der Waals surface area contributed by atoms with E-state index in [0.717, 1.165) is 5.69 Å². The molecule has 0 saturated heterocycles. The van der Waals surface area contributed by atoms with Crippen LogP contribution in [0.1, 0.15) is 51.3 Å². The first-order chi connectivity index (χ1) is 7.31.